The van der Waals surface area contributed by atoms with Crippen LogP contribution in [0.3, 0.4) is 0 Å². The van der Waals surface area contributed by atoms with Gasteiger partial charge in [0.25, 0.3) is 0 Å². The molecule has 0 saturated carbocycles. The highest BCUT2D eigenvalue weighted by Gasteiger charge is 2.34. The maximum Gasteiger partial charge on any atom is 0.230 e. The van der Waals surface area contributed by atoms with Gasteiger partial charge in [0, 0.05) is 22.8 Å². The number of ether oxygens (including phenoxy) is 1. The number of carbonyl (C=O) groups excluding carboxylic acids is 1. The number of hydrogen-bond donors (Lipinski definition) is 1. The summed E-state index contributed by atoms with van der Waals surface area (Å²) in [5.41, 5.74) is 2.98. The molecule has 0 radical (unpaired) electrons. The summed E-state index contributed by atoms with van der Waals surface area (Å²) >= 11 is 7.74. The Labute approximate surface area is 164 Å². The molecule has 0 unspecified atom stereocenters. The summed E-state index contributed by atoms with van der Waals surface area (Å²) in [6, 6.07) is 13.9. The van der Waals surface area contributed by atoms with Crippen LogP contribution < -0.4 is 10.1 Å². The van der Waals surface area contributed by atoms with Crippen molar-refractivity contribution in [1.82, 2.24) is 5.32 Å². The number of fused-ring (bicyclic) bond motifs is 1. The van der Waals surface area contributed by atoms with E-state index in [0.717, 1.165) is 34.1 Å². The quantitative estimate of drug-likeness (QED) is 0.753. The molecule has 2 aromatic carbocycles. The SMILES string of the molecule is Cc1ccc2c(c1)[C@H](NC(=O)CSCc1ccccc1Cl)CC(C)(C)O2. The highest BCUT2D eigenvalue weighted by molar-refractivity contribution is 7.99. The third-order valence-electron chi connectivity index (χ3n) is 4.41. The molecule has 1 aliphatic heterocycles. The van der Waals surface area contributed by atoms with Crippen LogP contribution in [0.15, 0.2) is 42.5 Å². The van der Waals surface area contributed by atoms with Crippen LogP contribution in [-0.4, -0.2) is 17.3 Å². The Morgan fingerprint density at radius 3 is 2.85 bits per heavy atom. The molecule has 3 rings (SSSR count). The van der Waals surface area contributed by atoms with Crippen molar-refractivity contribution in [1.29, 1.82) is 0 Å². The second kappa shape index (κ2) is 7.93. The zero-order valence-corrected chi connectivity index (χ0v) is 16.9. The molecule has 0 bridgehead atoms. The van der Waals surface area contributed by atoms with Crippen molar-refractivity contribution in [3.05, 3.63) is 64.2 Å². The third-order valence-corrected chi connectivity index (χ3v) is 5.76. The maximum atomic E-state index is 12.5. The van der Waals surface area contributed by atoms with Gasteiger partial charge in [0.15, 0.2) is 0 Å². The molecule has 26 heavy (non-hydrogen) atoms. The predicted octanol–water partition coefficient (Wildman–Crippen LogP) is 5.30. The maximum absolute atomic E-state index is 12.5. The number of amides is 1. The molecule has 0 fully saturated rings. The minimum Gasteiger partial charge on any atom is -0.487 e. The van der Waals surface area contributed by atoms with Crippen molar-refractivity contribution in [2.75, 3.05) is 5.75 Å². The second-order valence-electron chi connectivity index (χ2n) is 7.31. The van der Waals surface area contributed by atoms with Gasteiger partial charge in [-0.1, -0.05) is 47.5 Å². The van der Waals surface area contributed by atoms with Gasteiger partial charge in [0.2, 0.25) is 5.91 Å². The highest BCUT2D eigenvalue weighted by atomic mass is 35.5. The van der Waals surface area contributed by atoms with E-state index in [9.17, 15) is 4.79 Å². The first-order chi connectivity index (χ1) is 12.3. The predicted molar refractivity (Wildman–Crippen MR) is 109 cm³/mol. The molecule has 5 heteroatoms. The molecule has 2 aromatic rings. The number of halogens is 1. The Balaban J connectivity index is 1.62. The van der Waals surface area contributed by atoms with E-state index in [0.29, 0.717) is 5.75 Å². The number of thioether (sulfide) groups is 1. The number of benzene rings is 2. The van der Waals surface area contributed by atoms with E-state index >= 15 is 0 Å². The lowest BCUT2D eigenvalue weighted by molar-refractivity contribution is -0.119. The van der Waals surface area contributed by atoms with E-state index in [1.807, 2.05) is 36.4 Å². The molecular formula is C21H24ClNO2S. The minimum absolute atomic E-state index is 0.0259. The fourth-order valence-electron chi connectivity index (χ4n) is 3.21. The number of aryl methyl sites for hydroxylation is 1. The van der Waals surface area contributed by atoms with Gasteiger partial charge in [-0.15, -0.1) is 11.8 Å². The fraction of sp³-hybridized carbons (Fsp3) is 0.381. The third kappa shape index (κ3) is 4.74. The Morgan fingerprint density at radius 1 is 1.31 bits per heavy atom. The second-order valence-corrected chi connectivity index (χ2v) is 8.70. The largest absolute Gasteiger partial charge is 0.487 e. The lowest BCUT2D eigenvalue weighted by Crippen LogP contribution is -2.41. The molecule has 0 aromatic heterocycles. The normalized spacial score (nSPS) is 17.9. The van der Waals surface area contributed by atoms with E-state index in [4.69, 9.17) is 16.3 Å². The molecule has 1 atom stereocenters. The average molecular weight is 390 g/mol. The van der Waals surface area contributed by atoms with Gasteiger partial charge in [-0.3, -0.25) is 4.79 Å². The van der Waals surface area contributed by atoms with E-state index in [1.165, 1.54) is 5.56 Å². The number of hydrogen-bond acceptors (Lipinski definition) is 3. The van der Waals surface area contributed by atoms with Gasteiger partial charge in [-0.25, -0.2) is 0 Å². The van der Waals surface area contributed by atoms with Gasteiger partial charge < -0.3 is 10.1 Å². The number of rotatable bonds is 5. The number of carbonyl (C=O) groups is 1. The van der Waals surface area contributed by atoms with Gasteiger partial charge in [-0.2, -0.15) is 0 Å². The van der Waals surface area contributed by atoms with Crippen LogP contribution in [-0.2, 0) is 10.5 Å². The molecule has 1 heterocycles. The van der Waals surface area contributed by atoms with Crippen LogP contribution in [0.1, 0.15) is 43.0 Å². The van der Waals surface area contributed by atoms with Gasteiger partial charge in [-0.05, 0) is 38.5 Å². The van der Waals surface area contributed by atoms with Gasteiger partial charge in [0.1, 0.15) is 11.4 Å². The van der Waals surface area contributed by atoms with E-state index < -0.39 is 0 Å². The zero-order chi connectivity index (χ0) is 18.7. The first-order valence-electron chi connectivity index (χ1n) is 8.74. The lowest BCUT2D eigenvalue weighted by atomic mass is 9.89. The molecule has 1 aliphatic rings. The molecule has 1 N–H and O–H groups in total. The average Bonchev–Trinajstić information content (AvgIpc) is 2.56. The standard InChI is InChI=1S/C21H24ClNO2S/c1-14-8-9-19-16(10-14)18(11-21(2,3)25-19)23-20(24)13-26-12-15-6-4-5-7-17(15)22/h4-10,18H,11-13H2,1-3H3,(H,23,24)/t18-/m1/s1. The summed E-state index contributed by atoms with van der Waals surface area (Å²) in [6.07, 6.45) is 0.754. The van der Waals surface area contributed by atoms with E-state index in [-0.39, 0.29) is 17.6 Å². The van der Waals surface area contributed by atoms with Crippen molar-refractivity contribution in [3.63, 3.8) is 0 Å². The van der Waals surface area contributed by atoms with Crippen LogP contribution in [0.4, 0.5) is 0 Å². The summed E-state index contributed by atoms with van der Waals surface area (Å²) in [5, 5.41) is 3.93. The van der Waals surface area contributed by atoms with Crippen LogP contribution in [0, 0.1) is 6.92 Å². The summed E-state index contributed by atoms with van der Waals surface area (Å²) in [6.45, 7) is 6.17. The zero-order valence-electron chi connectivity index (χ0n) is 15.3. The van der Waals surface area contributed by atoms with E-state index in [1.54, 1.807) is 11.8 Å². The Morgan fingerprint density at radius 2 is 2.08 bits per heavy atom. The van der Waals surface area contributed by atoms with Crippen molar-refractivity contribution in [2.24, 2.45) is 0 Å². The van der Waals surface area contributed by atoms with Crippen LogP contribution >= 0.6 is 23.4 Å². The van der Waals surface area contributed by atoms with E-state index in [2.05, 4.69) is 32.2 Å². The number of nitrogens with one attached hydrogen (secondary N) is 1. The smallest absolute Gasteiger partial charge is 0.230 e. The molecule has 0 spiro atoms. The fourth-order valence-corrected chi connectivity index (χ4v) is 4.33. The first kappa shape index (κ1) is 19.1. The molecule has 3 nitrogen and oxygen atoms in total. The summed E-state index contributed by atoms with van der Waals surface area (Å²) in [7, 11) is 0. The van der Waals surface area contributed by atoms with Gasteiger partial charge >= 0.3 is 0 Å². The molecule has 138 valence electrons. The van der Waals surface area contributed by atoms with Crippen LogP contribution in [0.25, 0.3) is 0 Å². The monoisotopic (exact) mass is 389 g/mol. The van der Waals surface area contributed by atoms with Crippen LogP contribution in [0.5, 0.6) is 5.75 Å². The van der Waals surface area contributed by atoms with Gasteiger partial charge in [0.05, 0.1) is 11.8 Å². The van der Waals surface area contributed by atoms with Crippen molar-refractivity contribution < 1.29 is 9.53 Å². The van der Waals surface area contributed by atoms with Crippen molar-refractivity contribution in [2.45, 2.75) is 44.6 Å². The van der Waals surface area contributed by atoms with Crippen LogP contribution in [0.2, 0.25) is 5.02 Å². The summed E-state index contributed by atoms with van der Waals surface area (Å²) in [5.74, 6) is 2.03. The summed E-state index contributed by atoms with van der Waals surface area (Å²) < 4.78 is 6.07. The lowest BCUT2D eigenvalue weighted by Gasteiger charge is -2.38. The molecular weight excluding hydrogens is 366 g/mol. The Kier molecular flexibility index (Phi) is 5.83. The first-order valence-corrected chi connectivity index (χ1v) is 10.3. The Bertz CT molecular complexity index is 806. The highest BCUT2D eigenvalue weighted by Crippen LogP contribution is 2.39. The Hall–Kier alpha value is -1.65. The van der Waals surface area contributed by atoms with Crippen molar-refractivity contribution >= 4 is 29.3 Å². The van der Waals surface area contributed by atoms with Crippen molar-refractivity contribution in [3.8, 4) is 5.75 Å². The minimum atomic E-state index is -0.301. The molecule has 0 saturated heterocycles. The molecule has 0 aliphatic carbocycles. The topological polar surface area (TPSA) is 38.3 Å². The molecule has 1 amide bonds. The summed E-state index contributed by atoms with van der Waals surface area (Å²) in [4.78, 5) is 12.5.